The van der Waals surface area contributed by atoms with Crippen LogP contribution in [0.4, 0.5) is 5.82 Å². The Labute approximate surface area is 105 Å². The van der Waals surface area contributed by atoms with Gasteiger partial charge in [-0.05, 0) is 37.0 Å². The number of H-pyrrole nitrogens is 1. The smallest absolute Gasteiger partial charge is 0.151 e. The van der Waals surface area contributed by atoms with E-state index in [1.54, 1.807) is 0 Å². The van der Waals surface area contributed by atoms with Gasteiger partial charge in [0, 0.05) is 17.1 Å². The van der Waals surface area contributed by atoms with Crippen molar-refractivity contribution in [3.63, 3.8) is 0 Å². The SMILES string of the molecule is Clc1ccc(-c2[nH]nc3c2CCCCN3)cc1. The standard InChI is InChI=1S/C13H14ClN3/c14-10-6-4-9(5-7-10)12-11-3-1-2-8-15-13(11)17-16-12/h4-7H,1-3,8H2,(H2,15,16,17). The van der Waals surface area contributed by atoms with Crippen LogP contribution in [0.15, 0.2) is 24.3 Å². The van der Waals surface area contributed by atoms with Gasteiger partial charge in [0.05, 0.1) is 5.69 Å². The fraction of sp³-hybridized carbons (Fsp3) is 0.308. The number of hydrogen-bond donors (Lipinski definition) is 2. The third-order valence-corrected chi connectivity index (χ3v) is 3.40. The van der Waals surface area contributed by atoms with Gasteiger partial charge in [-0.2, -0.15) is 5.10 Å². The van der Waals surface area contributed by atoms with Gasteiger partial charge in [-0.25, -0.2) is 0 Å². The normalized spacial score (nSPS) is 14.9. The number of aromatic nitrogens is 2. The molecule has 1 aromatic heterocycles. The van der Waals surface area contributed by atoms with E-state index in [1.165, 1.54) is 18.4 Å². The topological polar surface area (TPSA) is 40.7 Å². The Morgan fingerprint density at radius 1 is 1.12 bits per heavy atom. The monoisotopic (exact) mass is 247 g/mol. The largest absolute Gasteiger partial charge is 0.368 e. The van der Waals surface area contributed by atoms with Crippen molar-refractivity contribution in [1.82, 2.24) is 10.2 Å². The molecule has 0 amide bonds. The van der Waals surface area contributed by atoms with Gasteiger partial charge >= 0.3 is 0 Å². The van der Waals surface area contributed by atoms with Crippen molar-refractivity contribution >= 4 is 17.4 Å². The highest BCUT2D eigenvalue weighted by atomic mass is 35.5. The van der Waals surface area contributed by atoms with Crippen LogP contribution in [0.1, 0.15) is 18.4 Å². The third-order valence-electron chi connectivity index (χ3n) is 3.15. The highest BCUT2D eigenvalue weighted by Gasteiger charge is 2.16. The average molecular weight is 248 g/mol. The van der Waals surface area contributed by atoms with Gasteiger partial charge in [-0.15, -0.1) is 0 Å². The van der Waals surface area contributed by atoms with E-state index in [9.17, 15) is 0 Å². The summed E-state index contributed by atoms with van der Waals surface area (Å²) in [5.74, 6) is 1.01. The van der Waals surface area contributed by atoms with Gasteiger partial charge in [-0.3, -0.25) is 5.10 Å². The fourth-order valence-electron chi connectivity index (χ4n) is 2.24. The maximum absolute atomic E-state index is 5.90. The number of anilines is 1. The number of hydrogen-bond acceptors (Lipinski definition) is 2. The second-order valence-corrected chi connectivity index (χ2v) is 4.75. The first-order valence-corrected chi connectivity index (χ1v) is 6.29. The Bertz CT molecular complexity index is 516. The minimum absolute atomic E-state index is 0.762. The molecule has 0 saturated heterocycles. The lowest BCUT2D eigenvalue weighted by Gasteiger charge is -2.03. The summed E-state index contributed by atoms with van der Waals surface area (Å²) in [6.07, 6.45) is 3.49. The first kappa shape index (κ1) is 10.7. The molecule has 1 aromatic carbocycles. The number of aromatic amines is 1. The van der Waals surface area contributed by atoms with Crippen molar-refractivity contribution in [2.45, 2.75) is 19.3 Å². The fourth-order valence-corrected chi connectivity index (χ4v) is 2.37. The van der Waals surface area contributed by atoms with Crippen LogP contribution in [0.2, 0.25) is 5.02 Å². The molecule has 1 aliphatic heterocycles. The first-order valence-electron chi connectivity index (χ1n) is 5.91. The molecular formula is C13H14ClN3. The van der Waals surface area contributed by atoms with Crippen molar-refractivity contribution in [3.8, 4) is 11.3 Å². The molecule has 2 aromatic rings. The molecule has 17 heavy (non-hydrogen) atoms. The molecule has 0 bridgehead atoms. The molecule has 88 valence electrons. The van der Waals surface area contributed by atoms with Crippen LogP contribution in [0.3, 0.4) is 0 Å². The summed E-state index contributed by atoms with van der Waals surface area (Å²) < 4.78 is 0. The van der Waals surface area contributed by atoms with Gasteiger partial charge in [0.25, 0.3) is 0 Å². The van der Waals surface area contributed by atoms with Crippen molar-refractivity contribution in [3.05, 3.63) is 34.9 Å². The van der Waals surface area contributed by atoms with E-state index in [4.69, 9.17) is 11.6 Å². The first-order chi connectivity index (χ1) is 8.34. The molecule has 3 rings (SSSR count). The molecule has 0 radical (unpaired) electrons. The Morgan fingerprint density at radius 3 is 2.76 bits per heavy atom. The van der Waals surface area contributed by atoms with Crippen LogP contribution in [0.5, 0.6) is 0 Å². The Hall–Kier alpha value is -1.48. The highest BCUT2D eigenvalue weighted by Crippen LogP contribution is 2.30. The van der Waals surface area contributed by atoms with Crippen LogP contribution < -0.4 is 5.32 Å². The van der Waals surface area contributed by atoms with Crippen LogP contribution in [0.25, 0.3) is 11.3 Å². The zero-order valence-corrected chi connectivity index (χ0v) is 10.2. The van der Waals surface area contributed by atoms with Crippen LogP contribution in [-0.4, -0.2) is 16.7 Å². The molecule has 3 nitrogen and oxygen atoms in total. The molecule has 4 heteroatoms. The van der Waals surface area contributed by atoms with E-state index in [2.05, 4.69) is 15.5 Å². The number of fused-ring (bicyclic) bond motifs is 1. The summed E-state index contributed by atoms with van der Waals surface area (Å²) in [5.41, 5.74) is 3.56. The van der Waals surface area contributed by atoms with E-state index in [-0.39, 0.29) is 0 Å². The van der Waals surface area contributed by atoms with Crippen molar-refractivity contribution in [2.75, 3.05) is 11.9 Å². The summed E-state index contributed by atoms with van der Waals surface area (Å²) in [6, 6.07) is 7.88. The predicted octanol–water partition coefficient (Wildman–Crippen LogP) is 3.48. The lowest BCUT2D eigenvalue weighted by molar-refractivity contribution is 0.783. The minimum atomic E-state index is 0.762. The quantitative estimate of drug-likeness (QED) is 0.810. The molecule has 1 aliphatic rings. The van der Waals surface area contributed by atoms with E-state index in [0.717, 1.165) is 35.1 Å². The second kappa shape index (κ2) is 4.41. The number of nitrogens with one attached hydrogen (secondary N) is 2. The van der Waals surface area contributed by atoms with Crippen LogP contribution in [-0.2, 0) is 6.42 Å². The predicted molar refractivity (Wildman–Crippen MR) is 70.5 cm³/mol. The number of rotatable bonds is 1. The summed E-state index contributed by atoms with van der Waals surface area (Å²) in [5, 5.41) is 11.6. The van der Waals surface area contributed by atoms with Gasteiger partial charge < -0.3 is 5.32 Å². The molecule has 0 aliphatic carbocycles. The lowest BCUT2D eigenvalue weighted by Crippen LogP contribution is -1.99. The molecule has 0 atom stereocenters. The Balaban J connectivity index is 2.03. The Morgan fingerprint density at radius 2 is 1.94 bits per heavy atom. The second-order valence-electron chi connectivity index (χ2n) is 4.32. The molecule has 0 saturated carbocycles. The van der Waals surface area contributed by atoms with Crippen LogP contribution >= 0.6 is 11.6 Å². The zero-order chi connectivity index (χ0) is 11.7. The van der Waals surface area contributed by atoms with Gasteiger partial charge in [0.1, 0.15) is 0 Å². The summed E-state index contributed by atoms with van der Waals surface area (Å²) in [4.78, 5) is 0. The molecular weight excluding hydrogens is 234 g/mol. The minimum Gasteiger partial charge on any atom is -0.368 e. The summed E-state index contributed by atoms with van der Waals surface area (Å²) in [7, 11) is 0. The van der Waals surface area contributed by atoms with Crippen molar-refractivity contribution < 1.29 is 0 Å². The van der Waals surface area contributed by atoms with Crippen LogP contribution in [0, 0.1) is 0 Å². The zero-order valence-electron chi connectivity index (χ0n) is 9.46. The highest BCUT2D eigenvalue weighted by molar-refractivity contribution is 6.30. The summed E-state index contributed by atoms with van der Waals surface area (Å²) in [6.45, 7) is 1.01. The molecule has 0 fully saturated rings. The lowest BCUT2D eigenvalue weighted by atomic mass is 10.0. The maximum Gasteiger partial charge on any atom is 0.151 e. The van der Waals surface area contributed by atoms with Gasteiger partial charge in [0.2, 0.25) is 0 Å². The van der Waals surface area contributed by atoms with Gasteiger partial charge in [-0.1, -0.05) is 23.7 Å². The van der Waals surface area contributed by atoms with Gasteiger partial charge in [0.15, 0.2) is 5.82 Å². The molecule has 0 unspecified atom stereocenters. The van der Waals surface area contributed by atoms with E-state index in [0.29, 0.717) is 0 Å². The van der Waals surface area contributed by atoms with E-state index >= 15 is 0 Å². The number of nitrogens with zero attached hydrogens (tertiary/aromatic N) is 1. The van der Waals surface area contributed by atoms with Crippen molar-refractivity contribution in [2.24, 2.45) is 0 Å². The third kappa shape index (κ3) is 2.03. The van der Waals surface area contributed by atoms with E-state index in [1.807, 2.05) is 24.3 Å². The van der Waals surface area contributed by atoms with E-state index < -0.39 is 0 Å². The molecule has 0 spiro atoms. The van der Waals surface area contributed by atoms with Crippen molar-refractivity contribution in [1.29, 1.82) is 0 Å². The molecule has 2 heterocycles. The summed E-state index contributed by atoms with van der Waals surface area (Å²) >= 11 is 5.90. The number of halogens is 1. The Kier molecular flexibility index (Phi) is 2.77. The average Bonchev–Trinajstić information content (AvgIpc) is 2.60. The molecule has 2 N–H and O–H groups in total. The maximum atomic E-state index is 5.90. The number of benzene rings is 1.